The van der Waals surface area contributed by atoms with E-state index >= 15 is 0 Å². The lowest BCUT2D eigenvalue weighted by Gasteiger charge is -2.09. The molecule has 0 atom stereocenters. The minimum Gasteiger partial charge on any atom is -0.503 e. The quantitative estimate of drug-likeness (QED) is 0.368. The summed E-state index contributed by atoms with van der Waals surface area (Å²) in [6, 6.07) is 4.87. The molecule has 1 N–H and O–H groups in total. The van der Waals surface area contributed by atoms with Gasteiger partial charge in [0.15, 0.2) is 11.5 Å². The average Bonchev–Trinajstić information content (AvgIpc) is 2.47. The van der Waals surface area contributed by atoms with Gasteiger partial charge in [-0.2, -0.15) is 5.26 Å². The summed E-state index contributed by atoms with van der Waals surface area (Å²) in [6.07, 6.45) is 2.77. The van der Waals surface area contributed by atoms with Crippen LogP contribution in [0.5, 0.6) is 11.5 Å². The number of phenolic OH excluding ortho intramolecular Hbond substituents is 1. The molecule has 0 spiro atoms. The van der Waals surface area contributed by atoms with Crippen molar-refractivity contribution in [2.45, 2.75) is 6.92 Å². The second kappa shape index (κ2) is 8.12. The normalized spacial score (nSPS) is 10.6. The van der Waals surface area contributed by atoms with E-state index in [1.165, 1.54) is 18.2 Å². The van der Waals surface area contributed by atoms with Gasteiger partial charge in [0.2, 0.25) is 0 Å². The number of hydrogen-bond acceptors (Lipinski definition) is 5. The Balaban J connectivity index is 3.14. The number of ether oxygens (including phenoxy) is 2. The molecule has 0 heterocycles. The Kier molecular flexibility index (Phi) is 6.50. The first-order valence-corrected chi connectivity index (χ1v) is 6.87. The van der Waals surface area contributed by atoms with E-state index < -0.39 is 5.97 Å². The summed E-state index contributed by atoms with van der Waals surface area (Å²) in [5.41, 5.74) is 0.368. The first-order chi connectivity index (χ1) is 10.0. The monoisotopic (exact) mass is 351 g/mol. The molecule has 0 aliphatic heterocycles. The molecule has 21 heavy (non-hydrogen) atoms. The van der Waals surface area contributed by atoms with E-state index in [0.29, 0.717) is 16.6 Å². The molecule has 1 aromatic carbocycles. The topological polar surface area (TPSA) is 79.6 Å². The highest BCUT2D eigenvalue weighted by Gasteiger charge is 2.13. The van der Waals surface area contributed by atoms with Crippen LogP contribution in [0.2, 0.25) is 0 Å². The number of phenols is 1. The van der Waals surface area contributed by atoms with E-state index in [1.54, 1.807) is 19.1 Å². The molecule has 0 radical (unpaired) electrons. The number of hydrogen-bond donors (Lipinski definition) is 1. The molecular formula is C15H14BrNO4. The summed E-state index contributed by atoms with van der Waals surface area (Å²) in [4.78, 5) is 11.6. The zero-order chi connectivity index (χ0) is 15.8. The lowest BCUT2D eigenvalue weighted by molar-refractivity contribution is -0.137. The largest absolute Gasteiger partial charge is 0.503 e. The van der Waals surface area contributed by atoms with E-state index in [-0.39, 0.29) is 23.7 Å². The van der Waals surface area contributed by atoms with Gasteiger partial charge < -0.3 is 14.6 Å². The predicted octanol–water partition coefficient (Wildman–Crippen LogP) is 3.19. The van der Waals surface area contributed by atoms with Gasteiger partial charge in [0.05, 0.1) is 11.1 Å². The van der Waals surface area contributed by atoms with Gasteiger partial charge >= 0.3 is 5.97 Å². The zero-order valence-electron chi connectivity index (χ0n) is 11.4. The number of nitrogens with zero attached hydrogens (tertiary/aromatic N) is 1. The fourth-order valence-electron chi connectivity index (χ4n) is 1.46. The highest BCUT2D eigenvalue weighted by atomic mass is 79.9. The van der Waals surface area contributed by atoms with Crippen LogP contribution in [0.15, 0.2) is 34.8 Å². The molecule has 0 aliphatic carbocycles. The minimum atomic E-state index is -0.737. The molecule has 0 unspecified atom stereocenters. The summed E-state index contributed by atoms with van der Waals surface area (Å²) < 4.78 is 10.5. The van der Waals surface area contributed by atoms with Crippen molar-refractivity contribution in [2.75, 3.05) is 13.2 Å². The fraction of sp³-hybridized carbons (Fsp3) is 0.200. The van der Waals surface area contributed by atoms with Crippen molar-refractivity contribution in [3.63, 3.8) is 0 Å². The molecule has 1 aromatic rings. The van der Waals surface area contributed by atoms with E-state index in [0.717, 1.165) is 0 Å². The highest BCUT2D eigenvalue weighted by molar-refractivity contribution is 9.10. The Morgan fingerprint density at radius 1 is 1.57 bits per heavy atom. The summed E-state index contributed by atoms with van der Waals surface area (Å²) in [7, 11) is 0. The average molecular weight is 352 g/mol. The Hall–Kier alpha value is -2.26. The van der Waals surface area contributed by atoms with Crippen molar-refractivity contribution in [1.29, 1.82) is 5.26 Å². The summed E-state index contributed by atoms with van der Waals surface area (Å²) in [5, 5.41) is 18.8. The van der Waals surface area contributed by atoms with Crippen LogP contribution in [0.25, 0.3) is 6.08 Å². The lowest BCUT2D eigenvalue weighted by atomic mass is 10.1. The Morgan fingerprint density at radius 3 is 2.86 bits per heavy atom. The van der Waals surface area contributed by atoms with E-state index in [9.17, 15) is 9.90 Å². The standard InChI is InChI=1S/C15H14BrNO4/c1-3-5-21-15(19)11(9-17)6-10-7-12(16)14(18)13(8-10)20-4-2/h3,6-8,18H,1,4-5H2,2H3/b11-6-. The van der Waals surface area contributed by atoms with Crippen molar-refractivity contribution in [1.82, 2.24) is 0 Å². The molecular weight excluding hydrogens is 338 g/mol. The van der Waals surface area contributed by atoms with Crippen LogP contribution >= 0.6 is 15.9 Å². The smallest absolute Gasteiger partial charge is 0.349 e. The molecule has 0 aromatic heterocycles. The molecule has 0 saturated carbocycles. The van der Waals surface area contributed by atoms with Crippen LogP contribution in [0, 0.1) is 11.3 Å². The van der Waals surface area contributed by atoms with Crippen molar-refractivity contribution in [2.24, 2.45) is 0 Å². The summed E-state index contributed by atoms with van der Waals surface area (Å²) in [5.74, 6) is -0.517. The van der Waals surface area contributed by atoms with Gasteiger partial charge in [-0.25, -0.2) is 4.79 Å². The molecule has 0 fully saturated rings. The molecule has 110 valence electrons. The maximum atomic E-state index is 11.6. The first-order valence-electron chi connectivity index (χ1n) is 6.08. The van der Waals surface area contributed by atoms with Gasteiger partial charge in [-0.3, -0.25) is 0 Å². The number of carbonyl (C=O) groups is 1. The lowest BCUT2D eigenvalue weighted by Crippen LogP contribution is -2.06. The van der Waals surface area contributed by atoms with Crippen molar-refractivity contribution >= 4 is 28.0 Å². The zero-order valence-corrected chi connectivity index (χ0v) is 13.0. The number of halogens is 1. The molecule has 0 amide bonds. The number of esters is 1. The van der Waals surface area contributed by atoms with E-state index in [4.69, 9.17) is 14.7 Å². The molecule has 5 nitrogen and oxygen atoms in total. The van der Waals surface area contributed by atoms with Crippen molar-refractivity contribution in [3.8, 4) is 17.6 Å². The third kappa shape index (κ3) is 4.65. The fourth-order valence-corrected chi connectivity index (χ4v) is 1.92. The Labute approximate surface area is 131 Å². The molecule has 0 aliphatic rings. The number of carbonyl (C=O) groups excluding carboxylic acids is 1. The van der Waals surface area contributed by atoms with E-state index in [2.05, 4.69) is 22.5 Å². The van der Waals surface area contributed by atoms with Gasteiger partial charge in [-0.05, 0) is 46.6 Å². The third-order valence-corrected chi connectivity index (χ3v) is 2.94. The summed E-state index contributed by atoms with van der Waals surface area (Å²) in [6.45, 7) is 5.61. The number of rotatable bonds is 6. The van der Waals surface area contributed by atoms with Gasteiger partial charge in [-0.1, -0.05) is 12.7 Å². The van der Waals surface area contributed by atoms with Crippen molar-refractivity contribution < 1.29 is 19.4 Å². The maximum Gasteiger partial charge on any atom is 0.349 e. The predicted molar refractivity (Wildman–Crippen MR) is 81.7 cm³/mol. The molecule has 0 bridgehead atoms. The number of aromatic hydroxyl groups is 1. The minimum absolute atomic E-state index is 0.0291. The Morgan fingerprint density at radius 2 is 2.29 bits per heavy atom. The van der Waals surface area contributed by atoms with Crippen LogP contribution in [0.4, 0.5) is 0 Å². The number of benzene rings is 1. The van der Waals surface area contributed by atoms with Crippen LogP contribution in [-0.2, 0) is 9.53 Å². The van der Waals surface area contributed by atoms with Gasteiger partial charge in [0.25, 0.3) is 0 Å². The van der Waals surface area contributed by atoms with Crippen LogP contribution in [0.1, 0.15) is 12.5 Å². The third-order valence-electron chi connectivity index (χ3n) is 2.33. The van der Waals surface area contributed by atoms with Crippen LogP contribution in [0.3, 0.4) is 0 Å². The highest BCUT2D eigenvalue weighted by Crippen LogP contribution is 2.36. The summed E-state index contributed by atoms with van der Waals surface area (Å²) >= 11 is 3.19. The first kappa shape index (κ1) is 16.8. The SMILES string of the molecule is C=CCOC(=O)/C(C#N)=C\c1cc(Br)c(O)c(OCC)c1. The molecule has 6 heteroatoms. The Bertz CT molecular complexity index is 617. The van der Waals surface area contributed by atoms with Gasteiger partial charge in [0, 0.05) is 0 Å². The van der Waals surface area contributed by atoms with E-state index in [1.807, 2.05) is 0 Å². The van der Waals surface area contributed by atoms with Gasteiger partial charge in [0.1, 0.15) is 18.2 Å². The second-order valence-corrected chi connectivity index (χ2v) is 4.69. The van der Waals surface area contributed by atoms with Gasteiger partial charge in [-0.15, -0.1) is 0 Å². The van der Waals surface area contributed by atoms with Crippen LogP contribution < -0.4 is 4.74 Å². The van der Waals surface area contributed by atoms with Crippen molar-refractivity contribution in [3.05, 3.63) is 40.4 Å². The molecule has 0 saturated heterocycles. The molecule has 1 rings (SSSR count). The van der Waals surface area contributed by atoms with Crippen LogP contribution in [-0.4, -0.2) is 24.3 Å². The number of nitriles is 1. The maximum absolute atomic E-state index is 11.6. The second-order valence-electron chi connectivity index (χ2n) is 3.84.